The molecule has 32 heavy (non-hydrogen) atoms. The number of halogens is 2. The molecule has 2 aromatic rings. The van der Waals surface area contributed by atoms with Crippen molar-refractivity contribution in [1.29, 1.82) is 0 Å². The summed E-state index contributed by atoms with van der Waals surface area (Å²) in [6.45, 7) is 7.20. The minimum Gasteiger partial charge on any atom is -0.365 e. The van der Waals surface area contributed by atoms with Crippen LogP contribution in [0.15, 0.2) is 42.5 Å². The third-order valence-corrected chi connectivity index (χ3v) is 7.04. The third kappa shape index (κ3) is 4.63. The van der Waals surface area contributed by atoms with Crippen LogP contribution in [0.4, 0.5) is 10.1 Å². The molecule has 0 aromatic heterocycles. The standard InChI is InChI=1S/C25H32ClFN4O/c1-16(2)22(28)20-4-3-5-21(27)24(20)30-12-14-31(15-13-30)25(32)23-19(10-11-29-23)17-6-8-18(26)9-7-17/h3-9,16,19,22-23,29H,10-15,28H2,1-2H3/t19?,22-,23?/m0/s1. The Morgan fingerprint density at radius 3 is 2.47 bits per heavy atom. The number of piperazine rings is 1. The maximum absolute atomic E-state index is 14.8. The largest absolute Gasteiger partial charge is 0.365 e. The number of nitrogens with one attached hydrogen (secondary N) is 1. The van der Waals surface area contributed by atoms with Crippen molar-refractivity contribution < 1.29 is 9.18 Å². The maximum Gasteiger partial charge on any atom is 0.240 e. The van der Waals surface area contributed by atoms with Crippen molar-refractivity contribution in [3.8, 4) is 0 Å². The number of carbonyl (C=O) groups excluding carboxylic acids is 1. The Morgan fingerprint density at radius 2 is 1.81 bits per heavy atom. The van der Waals surface area contributed by atoms with E-state index in [1.807, 2.05) is 54.0 Å². The molecule has 5 nitrogen and oxygen atoms in total. The topological polar surface area (TPSA) is 61.6 Å². The van der Waals surface area contributed by atoms with Gasteiger partial charge in [-0.1, -0.05) is 49.7 Å². The highest BCUT2D eigenvalue weighted by atomic mass is 35.5. The molecule has 0 bridgehead atoms. The van der Waals surface area contributed by atoms with Crippen LogP contribution in [0.25, 0.3) is 0 Å². The average Bonchev–Trinajstić information content (AvgIpc) is 3.28. The quantitative estimate of drug-likeness (QED) is 0.712. The van der Waals surface area contributed by atoms with Crippen LogP contribution in [0, 0.1) is 11.7 Å². The molecule has 2 saturated heterocycles. The molecule has 0 spiro atoms. The predicted octanol–water partition coefficient (Wildman–Crippen LogP) is 3.93. The Balaban J connectivity index is 1.45. The van der Waals surface area contributed by atoms with Gasteiger partial charge >= 0.3 is 0 Å². The van der Waals surface area contributed by atoms with Gasteiger partial charge in [0.25, 0.3) is 0 Å². The lowest BCUT2D eigenvalue weighted by atomic mass is 9.91. The summed E-state index contributed by atoms with van der Waals surface area (Å²) in [7, 11) is 0. The second kappa shape index (κ2) is 9.77. The van der Waals surface area contributed by atoms with Crippen molar-refractivity contribution in [3.63, 3.8) is 0 Å². The molecule has 7 heteroatoms. The lowest BCUT2D eigenvalue weighted by molar-refractivity contribution is -0.133. The molecule has 2 aliphatic heterocycles. The number of hydrogen-bond donors (Lipinski definition) is 2. The van der Waals surface area contributed by atoms with E-state index < -0.39 is 0 Å². The number of carbonyl (C=O) groups is 1. The first kappa shape index (κ1) is 23.0. The Hall–Kier alpha value is -2.15. The highest BCUT2D eigenvalue weighted by Gasteiger charge is 2.37. The van der Waals surface area contributed by atoms with Gasteiger partial charge < -0.3 is 20.9 Å². The summed E-state index contributed by atoms with van der Waals surface area (Å²) in [5.41, 5.74) is 8.93. The van der Waals surface area contributed by atoms with Gasteiger partial charge in [-0.2, -0.15) is 0 Å². The van der Waals surface area contributed by atoms with Crippen LogP contribution in [0.2, 0.25) is 5.02 Å². The zero-order valence-electron chi connectivity index (χ0n) is 18.7. The Labute approximate surface area is 194 Å². The van der Waals surface area contributed by atoms with Gasteiger partial charge in [0, 0.05) is 43.2 Å². The monoisotopic (exact) mass is 458 g/mol. The van der Waals surface area contributed by atoms with Crippen LogP contribution in [0.5, 0.6) is 0 Å². The number of rotatable bonds is 5. The summed E-state index contributed by atoms with van der Waals surface area (Å²) < 4.78 is 14.8. The summed E-state index contributed by atoms with van der Waals surface area (Å²) in [6, 6.07) is 12.4. The average molecular weight is 459 g/mol. The van der Waals surface area contributed by atoms with Gasteiger partial charge in [-0.25, -0.2) is 4.39 Å². The molecule has 172 valence electrons. The molecule has 3 atom stereocenters. The van der Waals surface area contributed by atoms with Crippen molar-refractivity contribution in [2.75, 3.05) is 37.6 Å². The minimum absolute atomic E-state index is 0.120. The van der Waals surface area contributed by atoms with Crippen LogP contribution in [-0.2, 0) is 4.79 Å². The van der Waals surface area contributed by atoms with Gasteiger partial charge in [0.05, 0.1) is 11.7 Å². The van der Waals surface area contributed by atoms with Crippen molar-refractivity contribution >= 4 is 23.2 Å². The van der Waals surface area contributed by atoms with E-state index in [-0.39, 0.29) is 35.6 Å². The normalized spacial score (nSPS) is 22.4. The van der Waals surface area contributed by atoms with Crippen LogP contribution >= 0.6 is 11.6 Å². The predicted molar refractivity (Wildman–Crippen MR) is 128 cm³/mol. The molecular formula is C25H32ClFN4O. The minimum atomic E-state index is -0.251. The zero-order chi connectivity index (χ0) is 22.8. The van der Waals surface area contributed by atoms with Crippen molar-refractivity contribution in [3.05, 3.63) is 64.4 Å². The van der Waals surface area contributed by atoms with E-state index in [1.54, 1.807) is 6.07 Å². The fraction of sp³-hybridized carbons (Fsp3) is 0.480. The lowest BCUT2D eigenvalue weighted by Crippen LogP contribution is -2.54. The first-order valence-corrected chi connectivity index (χ1v) is 11.8. The van der Waals surface area contributed by atoms with Gasteiger partial charge in [-0.3, -0.25) is 4.79 Å². The second-order valence-corrected chi connectivity index (χ2v) is 9.57. The number of benzene rings is 2. The molecule has 2 unspecified atom stereocenters. The van der Waals surface area contributed by atoms with Gasteiger partial charge in [0.15, 0.2) is 0 Å². The maximum atomic E-state index is 14.8. The number of para-hydroxylation sites is 1. The molecule has 3 N–H and O–H groups in total. The van der Waals surface area contributed by atoms with Crippen LogP contribution < -0.4 is 16.0 Å². The number of amides is 1. The molecule has 2 aliphatic rings. The molecule has 2 fully saturated rings. The molecule has 0 saturated carbocycles. The van der Waals surface area contributed by atoms with E-state index in [0.717, 1.165) is 24.1 Å². The SMILES string of the molecule is CC(C)[C@H](N)c1cccc(F)c1N1CCN(C(=O)C2NCCC2c2ccc(Cl)cc2)CC1. The Bertz CT molecular complexity index is 943. The molecule has 2 aromatic carbocycles. The zero-order valence-corrected chi connectivity index (χ0v) is 19.5. The lowest BCUT2D eigenvalue weighted by Gasteiger charge is -2.39. The van der Waals surface area contributed by atoms with Gasteiger partial charge in [-0.15, -0.1) is 0 Å². The summed E-state index contributed by atoms with van der Waals surface area (Å²) in [4.78, 5) is 17.3. The Morgan fingerprint density at radius 1 is 1.12 bits per heavy atom. The van der Waals surface area contributed by atoms with E-state index in [1.165, 1.54) is 6.07 Å². The summed E-state index contributed by atoms with van der Waals surface area (Å²) in [5.74, 6) is 0.213. The fourth-order valence-electron chi connectivity index (χ4n) is 4.87. The highest BCUT2D eigenvalue weighted by molar-refractivity contribution is 6.30. The van der Waals surface area contributed by atoms with E-state index in [0.29, 0.717) is 36.9 Å². The molecular weight excluding hydrogens is 427 g/mol. The van der Waals surface area contributed by atoms with E-state index in [2.05, 4.69) is 5.32 Å². The van der Waals surface area contributed by atoms with Crippen molar-refractivity contribution in [2.24, 2.45) is 11.7 Å². The number of hydrogen-bond acceptors (Lipinski definition) is 4. The molecule has 4 rings (SSSR count). The van der Waals surface area contributed by atoms with Crippen LogP contribution in [-0.4, -0.2) is 49.6 Å². The van der Waals surface area contributed by atoms with E-state index >= 15 is 0 Å². The first-order chi connectivity index (χ1) is 15.4. The number of nitrogens with two attached hydrogens (primary N) is 1. The smallest absolute Gasteiger partial charge is 0.240 e. The number of anilines is 1. The fourth-order valence-corrected chi connectivity index (χ4v) is 5.00. The number of nitrogens with zero attached hydrogens (tertiary/aromatic N) is 2. The van der Waals surface area contributed by atoms with Gasteiger partial charge in [0.2, 0.25) is 5.91 Å². The van der Waals surface area contributed by atoms with Crippen molar-refractivity contribution in [1.82, 2.24) is 10.2 Å². The van der Waals surface area contributed by atoms with E-state index in [9.17, 15) is 9.18 Å². The van der Waals surface area contributed by atoms with Gasteiger partial charge in [-0.05, 0) is 48.2 Å². The summed E-state index contributed by atoms with van der Waals surface area (Å²) >= 11 is 6.03. The third-order valence-electron chi connectivity index (χ3n) is 6.79. The van der Waals surface area contributed by atoms with Gasteiger partial charge in [0.1, 0.15) is 5.82 Å². The molecule has 0 aliphatic carbocycles. The molecule has 0 radical (unpaired) electrons. The molecule has 1 amide bonds. The van der Waals surface area contributed by atoms with Crippen LogP contribution in [0.1, 0.15) is 43.4 Å². The van der Waals surface area contributed by atoms with E-state index in [4.69, 9.17) is 17.3 Å². The Kier molecular flexibility index (Phi) is 7.03. The van der Waals surface area contributed by atoms with Crippen molar-refractivity contribution in [2.45, 2.75) is 38.3 Å². The first-order valence-electron chi connectivity index (χ1n) is 11.4. The summed E-state index contributed by atoms with van der Waals surface area (Å²) in [6.07, 6.45) is 0.920. The highest BCUT2D eigenvalue weighted by Crippen LogP contribution is 2.33. The summed E-state index contributed by atoms with van der Waals surface area (Å²) in [5, 5.41) is 4.09. The molecule has 2 heterocycles. The second-order valence-electron chi connectivity index (χ2n) is 9.14. The van der Waals surface area contributed by atoms with Crippen LogP contribution in [0.3, 0.4) is 0 Å².